The maximum Gasteiger partial charge on any atom is 0.0496 e. The molecule has 2 aromatic heterocycles. The molecule has 0 amide bonds. The maximum absolute atomic E-state index is 3.53. The predicted octanol–water partition coefficient (Wildman–Crippen LogP) is 0.128. The molecule has 0 aliphatic heterocycles. The average Bonchev–Trinajstić information content (AvgIpc) is 2.24. The van der Waals surface area contributed by atoms with E-state index in [-0.39, 0.29) is 5.48 Å². The summed E-state index contributed by atoms with van der Waals surface area (Å²) >= 11 is 0. The molecule has 5 nitrogen and oxygen atoms in total. The second kappa shape index (κ2) is 8.22. The van der Waals surface area contributed by atoms with Gasteiger partial charge in [-0.05, 0) is 24.3 Å². The van der Waals surface area contributed by atoms with Crippen LogP contribution < -0.4 is 0 Å². The van der Waals surface area contributed by atoms with Crippen LogP contribution in [0.1, 0.15) is 0 Å². The van der Waals surface area contributed by atoms with E-state index in [1.165, 1.54) is 0 Å². The monoisotopic (exact) mass is 178 g/mol. The van der Waals surface area contributed by atoms with Gasteiger partial charge in [-0.1, -0.05) is 0 Å². The summed E-state index contributed by atoms with van der Waals surface area (Å²) in [5.74, 6) is 0. The van der Waals surface area contributed by atoms with Crippen molar-refractivity contribution in [2.45, 2.75) is 0 Å². The average molecular weight is 178 g/mol. The van der Waals surface area contributed by atoms with Crippen molar-refractivity contribution in [3.63, 3.8) is 0 Å². The minimum absolute atomic E-state index is 0. The summed E-state index contributed by atoms with van der Waals surface area (Å²) in [6.07, 6.45) is 6.56. The minimum Gasteiger partial charge on any atom is -0.412 e. The Labute approximate surface area is 75.8 Å². The molecule has 2 heterocycles. The molecule has 5 heteroatoms. The van der Waals surface area contributed by atoms with Crippen LogP contribution in [0.5, 0.6) is 0 Å². The van der Waals surface area contributed by atoms with Gasteiger partial charge in [0.05, 0.1) is 0 Å². The Kier molecular flexibility index (Phi) is 7.03. The number of hydrogen-bond acceptors (Lipinski definition) is 4. The third kappa shape index (κ3) is 6.52. The van der Waals surface area contributed by atoms with E-state index >= 15 is 0 Å². The summed E-state index contributed by atoms with van der Waals surface area (Å²) in [6.45, 7) is 0. The first-order valence-corrected chi connectivity index (χ1v) is 3.43. The first-order chi connectivity index (χ1) is 6.00. The van der Waals surface area contributed by atoms with E-state index in [1.54, 1.807) is 24.8 Å². The van der Waals surface area contributed by atoms with Gasteiger partial charge in [-0.15, -0.1) is 0 Å². The topological polar surface area (TPSA) is 83.1 Å². The smallest absolute Gasteiger partial charge is 0.0496 e. The summed E-state index contributed by atoms with van der Waals surface area (Å²) in [6, 6.07) is 7.31. The normalized spacial score (nSPS) is 7.38. The summed E-state index contributed by atoms with van der Waals surface area (Å²) in [4.78, 5) is 0. The SMILES string of the molecule is O.c1ccnnc1.c1ccnnc1. The maximum atomic E-state index is 3.53. The van der Waals surface area contributed by atoms with Crippen LogP contribution in [-0.4, -0.2) is 25.9 Å². The van der Waals surface area contributed by atoms with Crippen molar-refractivity contribution in [3.05, 3.63) is 49.1 Å². The van der Waals surface area contributed by atoms with Crippen LogP contribution >= 0.6 is 0 Å². The molecule has 0 radical (unpaired) electrons. The Morgan fingerprint density at radius 3 is 0.769 bits per heavy atom. The molecule has 0 saturated heterocycles. The molecule has 0 aromatic carbocycles. The Balaban J connectivity index is 0.000000206. The zero-order valence-electron chi connectivity index (χ0n) is 6.91. The zero-order chi connectivity index (χ0) is 8.49. The van der Waals surface area contributed by atoms with Crippen LogP contribution in [-0.2, 0) is 0 Å². The van der Waals surface area contributed by atoms with Crippen LogP contribution in [0.2, 0.25) is 0 Å². The molecular formula is C8H10N4O. The van der Waals surface area contributed by atoms with Gasteiger partial charge in [-0.2, -0.15) is 20.4 Å². The highest BCUT2D eigenvalue weighted by atomic mass is 16.0. The molecule has 0 fully saturated rings. The van der Waals surface area contributed by atoms with Gasteiger partial charge in [0.15, 0.2) is 0 Å². The fourth-order valence-electron chi connectivity index (χ4n) is 0.507. The molecule has 13 heavy (non-hydrogen) atoms. The molecule has 0 unspecified atom stereocenters. The van der Waals surface area contributed by atoms with Gasteiger partial charge in [-0.25, -0.2) is 0 Å². The largest absolute Gasteiger partial charge is 0.412 e. The summed E-state index contributed by atoms with van der Waals surface area (Å²) in [5, 5.41) is 14.1. The fourth-order valence-corrected chi connectivity index (χ4v) is 0.507. The lowest BCUT2D eigenvalue weighted by Crippen LogP contribution is -1.69. The zero-order valence-corrected chi connectivity index (χ0v) is 6.91. The summed E-state index contributed by atoms with van der Waals surface area (Å²) in [7, 11) is 0. The molecule has 0 saturated carbocycles. The van der Waals surface area contributed by atoms with Crippen LogP contribution in [0, 0.1) is 0 Å². The number of aromatic nitrogens is 4. The van der Waals surface area contributed by atoms with E-state index in [2.05, 4.69) is 20.4 Å². The third-order valence-electron chi connectivity index (χ3n) is 0.966. The van der Waals surface area contributed by atoms with Gasteiger partial charge in [-0.3, -0.25) is 0 Å². The number of nitrogens with zero attached hydrogens (tertiary/aromatic N) is 4. The highest BCUT2D eigenvalue weighted by Crippen LogP contribution is 1.68. The molecule has 0 aliphatic carbocycles. The first kappa shape index (κ1) is 11.1. The Bertz CT molecular complexity index is 192. The molecule has 0 aliphatic rings. The molecule has 0 atom stereocenters. The highest BCUT2D eigenvalue weighted by molar-refractivity contribution is 4.80. The Morgan fingerprint density at radius 2 is 0.692 bits per heavy atom. The summed E-state index contributed by atoms with van der Waals surface area (Å²) < 4.78 is 0. The van der Waals surface area contributed by atoms with Crippen molar-refractivity contribution in [3.8, 4) is 0 Å². The van der Waals surface area contributed by atoms with Gasteiger partial charge in [0.1, 0.15) is 0 Å². The van der Waals surface area contributed by atoms with Gasteiger partial charge >= 0.3 is 0 Å². The van der Waals surface area contributed by atoms with Crippen LogP contribution in [0.3, 0.4) is 0 Å². The third-order valence-corrected chi connectivity index (χ3v) is 0.966. The molecule has 0 bridgehead atoms. The molecule has 68 valence electrons. The van der Waals surface area contributed by atoms with E-state index in [4.69, 9.17) is 0 Å². The van der Waals surface area contributed by atoms with Gasteiger partial charge in [0.25, 0.3) is 0 Å². The van der Waals surface area contributed by atoms with Gasteiger partial charge < -0.3 is 5.48 Å². The molecule has 2 N–H and O–H groups in total. The van der Waals surface area contributed by atoms with Gasteiger partial charge in [0, 0.05) is 24.8 Å². The van der Waals surface area contributed by atoms with Crippen molar-refractivity contribution < 1.29 is 5.48 Å². The van der Waals surface area contributed by atoms with Crippen LogP contribution in [0.15, 0.2) is 49.1 Å². The van der Waals surface area contributed by atoms with E-state index < -0.39 is 0 Å². The van der Waals surface area contributed by atoms with E-state index in [0.717, 1.165) is 0 Å². The second-order valence-corrected chi connectivity index (χ2v) is 1.83. The van der Waals surface area contributed by atoms with Crippen molar-refractivity contribution >= 4 is 0 Å². The van der Waals surface area contributed by atoms with E-state index in [9.17, 15) is 0 Å². The van der Waals surface area contributed by atoms with E-state index in [0.29, 0.717) is 0 Å². The lowest BCUT2D eigenvalue weighted by molar-refractivity contribution is 0.824. The molecule has 2 rings (SSSR count). The Morgan fingerprint density at radius 1 is 0.462 bits per heavy atom. The quantitative estimate of drug-likeness (QED) is 0.574. The number of hydrogen-bond donors (Lipinski definition) is 0. The molecule has 0 spiro atoms. The van der Waals surface area contributed by atoms with Crippen molar-refractivity contribution in [2.75, 3.05) is 0 Å². The predicted molar refractivity (Wildman–Crippen MR) is 47.7 cm³/mol. The molecule has 2 aromatic rings. The van der Waals surface area contributed by atoms with Crippen molar-refractivity contribution in [2.24, 2.45) is 0 Å². The van der Waals surface area contributed by atoms with Crippen molar-refractivity contribution in [1.82, 2.24) is 20.4 Å². The minimum atomic E-state index is 0. The standard InChI is InChI=1S/2C4H4N2.H2O/c2*1-2-4-6-5-3-1;/h2*1-4H;1H2. The fraction of sp³-hybridized carbons (Fsp3) is 0. The Hall–Kier alpha value is -1.88. The van der Waals surface area contributed by atoms with Crippen molar-refractivity contribution in [1.29, 1.82) is 0 Å². The lowest BCUT2D eigenvalue weighted by atomic mass is 10.6. The van der Waals surface area contributed by atoms with E-state index in [1.807, 2.05) is 24.3 Å². The summed E-state index contributed by atoms with van der Waals surface area (Å²) in [5.41, 5.74) is 0. The first-order valence-electron chi connectivity index (χ1n) is 3.43. The highest BCUT2D eigenvalue weighted by Gasteiger charge is 1.60. The van der Waals surface area contributed by atoms with Crippen LogP contribution in [0.25, 0.3) is 0 Å². The molecular weight excluding hydrogens is 168 g/mol. The lowest BCUT2D eigenvalue weighted by Gasteiger charge is -1.69. The second-order valence-electron chi connectivity index (χ2n) is 1.83. The van der Waals surface area contributed by atoms with Gasteiger partial charge in [0.2, 0.25) is 0 Å². The number of rotatable bonds is 0. The van der Waals surface area contributed by atoms with Crippen LogP contribution in [0.4, 0.5) is 0 Å².